The lowest BCUT2D eigenvalue weighted by Gasteiger charge is -2.12. The van der Waals surface area contributed by atoms with Crippen molar-refractivity contribution in [3.8, 4) is 0 Å². The molecule has 4 rings (SSSR count). The summed E-state index contributed by atoms with van der Waals surface area (Å²) in [7, 11) is 0. The lowest BCUT2D eigenvalue weighted by atomic mass is 10.1. The van der Waals surface area contributed by atoms with Crippen molar-refractivity contribution in [1.82, 2.24) is 10.1 Å². The van der Waals surface area contributed by atoms with Gasteiger partial charge in [0, 0.05) is 17.3 Å². The Morgan fingerprint density at radius 1 is 1.11 bits per heavy atom. The molecule has 3 aromatic rings. The van der Waals surface area contributed by atoms with Gasteiger partial charge in [-0.25, -0.2) is 4.79 Å². The third-order valence-corrected chi connectivity index (χ3v) is 4.80. The number of nitrogens with one attached hydrogen (secondary N) is 2. The molecule has 1 saturated carbocycles. The molecule has 2 aromatic carbocycles. The molecule has 1 heterocycles. The molecule has 0 radical (unpaired) electrons. The lowest BCUT2D eigenvalue weighted by molar-refractivity contribution is 0.262. The zero-order chi connectivity index (χ0) is 18.8. The Bertz CT molecular complexity index is 976. The summed E-state index contributed by atoms with van der Waals surface area (Å²) in [6.07, 6.45) is 2.76. The van der Waals surface area contributed by atoms with Gasteiger partial charge in [-0.05, 0) is 61.6 Å². The first kappa shape index (κ1) is 17.3. The highest BCUT2D eigenvalue weighted by atomic mass is 16.5. The van der Waals surface area contributed by atoms with Crippen molar-refractivity contribution in [1.29, 1.82) is 0 Å². The Kier molecular flexibility index (Phi) is 4.62. The summed E-state index contributed by atoms with van der Waals surface area (Å²) >= 11 is 0. The molecule has 1 aliphatic carbocycles. The molecule has 0 saturated heterocycles. The van der Waals surface area contributed by atoms with Gasteiger partial charge in [0.25, 0.3) is 0 Å². The number of aryl methyl sites for hydroxylation is 2. The molecule has 1 fully saturated rings. The summed E-state index contributed by atoms with van der Waals surface area (Å²) in [5.41, 5.74) is 4.75. The van der Waals surface area contributed by atoms with E-state index in [0.717, 1.165) is 41.2 Å². The summed E-state index contributed by atoms with van der Waals surface area (Å²) in [5.74, 6) is 1.82. The van der Waals surface area contributed by atoms with Crippen molar-refractivity contribution < 1.29 is 9.32 Å². The molecule has 0 spiro atoms. The fourth-order valence-electron chi connectivity index (χ4n) is 2.91. The van der Waals surface area contributed by atoms with E-state index in [-0.39, 0.29) is 6.03 Å². The summed E-state index contributed by atoms with van der Waals surface area (Å²) in [4.78, 5) is 16.9. The van der Waals surface area contributed by atoms with Gasteiger partial charge in [0.2, 0.25) is 5.89 Å². The van der Waals surface area contributed by atoms with Gasteiger partial charge >= 0.3 is 6.03 Å². The molecule has 0 atom stereocenters. The van der Waals surface area contributed by atoms with Crippen molar-refractivity contribution in [2.75, 3.05) is 10.6 Å². The zero-order valence-electron chi connectivity index (χ0n) is 15.5. The minimum absolute atomic E-state index is 0.282. The summed E-state index contributed by atoms with van der Waals surface area (Å²) in [6, 6.07) is 13.2. The van der Waals surface area contributed by atoms with Gasteiger partial charge in [-0.3, -0.25) is 0 Å². The van der Waals surface area contributed by atoms with Gasteiger partial charge in [0.15, 0.2) is 5.82 Å². The maximum absolute atomic E-state index is 12.4. The molecule has 138 valence electrons. The van der Waals surface area contributed by atoms with Crippen molar-refractivity contribution in [3.63, 3.8) is 0 Å². The minimum Gasteiger partial charge on any atom is -0.339 e. The molecule has 1 aromatic heterocycles. The molecular formula is C21H22N4O2. The Labute approximate surface area is 158 Å². The number of benzene rings is 2. The van der Waals surface area contributed by atoms with Crippen LogP contribution in [0.2, 0.25) is 0 Å². The number of anilines is 2. The standard InChI is InChI=1S/C21H22N4O2/c1-13-7-10-17(11-14(13)2)22-21(26)23-18-6-4-3-5-16(18)12-19-24-20(25-27-19)15-8-9-15/h3-7,10-11,15H,8-9,12H2,1-2H3,(H2,22,23,26). The van der Waals surface area contributed by atoms with Crippen molar-refractivity contribution >= 4 is 17.4 Å². The maximum atomic E-state index is 12.4. The van der Waals surface area contributed by atoms with Crippen LogP contribution in [0, 0.1) is 13.8 Å². The number of carbonyl (C=O) groups is 1. The van der Waals surface area contributed by atoms with E-state index in [1.807, 2.05) is 56.3 Å². The minimum atomic E-state index is -0.282. The highest BCUT2D eigenvalue weighted by Crippen LogP contribution is 2.38. The fraction of sp³-hybridized carbons (Fsp3) is 0.286. The lowest BCUT2D eigenvalue weighted by Crippen LogP contribution is -2.20. The van der Waals surface area contributed by atoms with Crippen molar-refractivity contribution in [2.24, 2.45) is 0 Å². The van der Waals surface area contributed by atoms with Crippen LogP contribution in [0.5, 0.6) is 0 Å². The van der Waals surface area contributed by atoms with Crippen LogP contribution < -0.4 is 10.6 Å². The number of nitrogens with zero attached hydrogens (tertiary/aromatic N) is 2. The largest absolute Gasteiger partial charge is 0.339 e. The van der Waals surface area contributed by atoms with Gasteiger partial charge in [-0.1, -0.05) is 29.4 Å². The number of aromatic nitrogens is 2. The molecule has 6 nitrogen and oxygen atoms in total. The average molecular weight is 362 g/mol. The second kappa shape index (κ2) is 7.23. The van der Waals surface area contributed by atoms with E-state index in [2.05, 4.69) is 20.8 Å². The molecular weight excluding hydrogens is 340 g/mol. The van der Waals surface area contributed by atoms with Gasteiger partial charge < -0.3 is 15.2 Å². The summed E-state index contributed by atoms with van der Waals surface area (Å²) < 4.78 is 5.36. The summed E-state index contributed by atoms with van der Waals surface area (Å²) in [6.45, 7) is 4.07. The third-order valence-electron chi connectivity index (χ3n) is 4.80. The van der Waals surface area contributed by atoms with E-state index in [0.29, 0.717) is 18.2 Å². The second-order valence-corrected chi connectivity index (χ2v) is 7.03. The number of para-hydroxylation sites is 1. The fourth-order valence-corrected chi connectivity index (χ4v) is 2.91. The molecule has 2 amide bonds. The van der Waals surface area contributed by atoms with Crippen LogP contribution in [0.15, 0.2) is 47.0 Å². The monoisotopic (exact) mass is 362 g/mol. The molecule has 1 aliphatic rings. The van der Waals surface area contributed by atoms with Gasteiger partial charge in [-0.15, -0.1) is 0 Å². The first-order valence-corrected chi connectivity index (χ1v) is 9.14. The van der Waals surface area contributed by atoms with Crippen LogP contribution in [-0.2, 0) is 6.42 Å². The maximum Gasteiger partial charge on any atom is 0.323 e. The highest BCUT2D eigenvalue weighted by Gasteiger charge is 2.28. The predicted molar refractivity (Wildman–Crippen MR) is 104 cm³/mol. The van der Waals surface area contributed by atoms with E-state index < -0.39 is 0 Å². The molecule has 27 heavy (non-hydrogen) atoms. The van der Waals surface area contributed by atoms with E-state index in [1.54, 1.807) is 0 Å². The van der Waals surface area contributed by atoms with Crippen LogP contribution in [0.4, 0.5) is 16.2 Å². The predicted octanol–water partition coefficient (Wildman–Crippen LogP) is 4.80. The molecule has 2 N–H and O–H groups in total. The average Bonchev–Trinajstić information content (AvgIpc) is 3.39. The number of hydrogen-bond donors (Lipinski definition) is 2. The van der Waals surface area contributed by atoms with E-state index >= 15 is 0 Å². The Balaban J connectivity index is 1.45. The van der Waals surface area contributed by atoms with Crippen molar-refractivity contribution in [3.05, 3.63) is 70.9 Å². The van der Waals surface area contributed by atoms with E-state index in [9.17, 15) is 4.79 Å². The zero-order valence-corrected chi connectivity index (χ0v) is 15.5. The Morgan fingerprint density at radius 3 is 2.70 bits per heavy atom. The van der Waals surface area contributed by atoms with Gasteiger partial charge in [0.05, 0.1) is 6.42 Å². The number of amides is 2. The quantitative estimate of drug-likeness (QED) is 0.683. The highest BCUT2D eigenvalue weighted by molar-refractivity contribution is 6.00. The molecule has 6 heteroatoms. The SMILES string of the molecule is Cc1ccc(NC(=O)Nc2ccccc2Cc2nc(C3CC3)no2)cc1C. The van der Waals surface area contributed by atoms with E-state index in [4.69, 9.17) is 4.52 Å². The van der Waals surface area contributed by atoms with Crippen LogP contribution in [-0.4, -0.2) is 16.2 Å². The van der Waals surface area contributed by atoms with Crippen LogP contribution in [0.25, 0.3) is 0 Å². The third kappa shape index (κ3) is 4.16. The molecule has 0 aliphatic heterocycles. The van der Waals surface area contributed by atoms with Crippen molar-refractivity contribution in [2.45, 2.75) is 39.0 Å². The normalized spacial score (nSPS) is 13.4. The van der Waals surface area contributed by atoms with Crippen LogP contribution >= 0.6 is 0 Å². The number of hydrogen-bond acceptors (Lipinski definition) is 4. The van der Waals surface area contributed by atoms with Crippen LogP contribution in [0.3, 0.4) is 0 Å². The molecule has 0 bridgehead atoms. The smallest absolute Gasteiger partial charge is 0.323 e. The van der Waals surface area contributed by atoms with Gasteiger partial charge in [-0.2, -0.15) is 4.98 Å². The van der Waals surface area contributed by atoms with E-state index in [1.165, 1.54) is 5.56 Å². The Hall–Kier alpha value is -3.15. The van der Waals surface area contributed by atoms with Crippen LogP contribution in [0.1, 0.15) is 47.2 Å². The molecule has 0 unspecified atom stereocenters. The first-order chi connectivity index (χ1) is 13.1. The second-order valence-electron chi connectivity index (χ2n) is 7.03. The Morgan fingerprint density at radius 2 is 1.93 bits per heavy atom. The number of rotatable bonds is 5. The topological polar surface area (TPSA) is 80.0 Å². The summed E-state index contributed by atoms with van der Waals surface area (Å²) in [5, 5.41) is 9.84. The van der Waals surface area contributed by atoms with Gasteiger partial charge in [0.1, 0.15) is 0 Å². The number of carbonyl (C=O) groups excluding carboxylic acids is 1. The number of urea groups is 1. The first-order valence-electron chi connectivity index (χ1n) is 9.14.